The van der Waals surface area contributed by atoms with E-state index in [1.165, 1.54) is 18.3 Å². The second-order valence-electron chi connectivity index (χ2n) is 6.72. The van der Waals surface area contributed by atoms with Crippen LogP contribution in [-0.2, 0) is 29.0 Å². The molecule has 0 fully saturated rings. The SMILES string of the molecule is CC(=O)Nc1sc2c(c1C(=O)OCc1cc(-c3ccccc3)on1)CCCC2. The summed E-state index contributed by atoms with van der Waals surface area (Å²) in [6, 6.07) is 11.4. The first-order valence-electron chi connectivity index (χ1n) is 9.22. The average Bonchev–Trinajstić information content (AvgIpc) is 3.30. The van der Waals surface area contributed by atoms with Crippen LogP contribution in [0.3, 0.4) is 0 Å². The zero-order valence-electron chi connectivity index (χ0n) is 15.5. The van der Waals surface area contributed by atoms with Crippen LogP contribution >= 0.6 is 11.3 Å². The number of nitrogens with zero attached hydrogens (tertiary/aromatic N) is 1. The van der Waals surface area contributed by atoms with Crippen molar-refractivity contribution in [3.05, 3.63) is 58.1 Å². The van der Waals surface area contributed by atoms with E-state index in [2.05, 4.69) is 10.5 Å². The van der Waals surface area contributed by atoms with E-state index in [0.717, 1.165) is 41.7 Å². The lowest BCUT2D eigenvalue weighted by molar-refractivity contribution is -0.114. The fraction of sp³-hybridized carbons (Fsp3) is 0.286. The predicted octanol–water partition coefficient (Wildman–Crippen LogP) is 4.60. The van der Waals surface area contributed by atoms with Crippen molar-refractivity contribution in [1.82, 2.24) is 5.16 Å². The number of benzene rings is 1. The van der Waals surface area contributed by atoms with Crippen molar-refractivity contribution in [3.63, 3.8) is 0 Å². The Hall–Kier alpha value is -2.93. The molecule has 0 spiro atoms. The molecule has 0 saturated heterocycles. The zero-order chi connectivity index (χ0) is 19.5. The summed E-state index contributed by atoms with van der Waals surface area (Å²) >= 11 is 1.47. The van der Waals surface area contributed by atoms with Crippen molar-refractivity contribution in [3.8, 4) is 11.3 Å². The summed E-state index contributed by atoms with van der Waals surface area (Å²) in [7, 11) is 0. The average molecular weight is 396 g/mol. The Labute approximate surface area is 166 Å². The van der Waals surface area contributed by atoms with Crippen LogP contribution in [0, 0.1) is 0 Å². The number of fused-ring (bicyclic) bond motifs is 1. The number of aromatic nitrogens is 1. The molecule has 1 amide bonds. The molecule has 2 aromatic heterocycles. The van der Waals surface area contributed by atoms with Gasteiger partial charge in [0.1, 0.15) is 17.3 Å². The Morgan fingerprint density at radius 1 is 1.21 bits per heavy atom. The molecule has 0 aliphatic heterocycles. The molecule has 28 heavy (non-hydrogen) atoms. The number of nitrogens with one attached hydrogen (secondary N) is 1. The lowest BCUT2D eigenvalue weighted by Crippen LogP contribution is -2.13. The minimum atomic E-state index is -0.438. The fourth-order valence-electron chi connectivity index (χ4n) is 3.36. The summed E-state index contributed by atoms with van der Waals surface area (Å²) < 4.78 is 10.8. The van der Waals surface area contributed by atoms with Gasteiger partial charge in [0.2, 0.25) is 5.91 Å². The maximum Gasteiger partial charge on any atom is 0.341 e. The number of hydrogen-bond acceptors (Lipinski definition) is 6. The van der Waals surface area contributed by atoms with Gasteiger partial charge in [-0.05, 0) is 31.2 Å². The van der Waals surface area contributed by atoms with Crippen molar-refractivity contribution in [1.29, 1.82) is 0 Å². The number of aryl methyl sites for hydroxylation is 1. The summed E-state index contributed by atoms with van der Waals surface area (Å²) in [5.41, 5.74) is 2.95. The standard InChI is InChI=1S/C21H20N2O4S/c1-13(24)22-20-19(16-9-5-6-10-18(16)28-20)21(25)26-12-15-11-17(27-23-15)14-7-3-2-4-8-14/h2-4,7-8,11H,5-6,9-10,12H2,1H3,(H,22,24). The van der Waals surface area contributed by atoms with Crippen molar-refractivity contribution >= 4 is 28.2 Å². The van der Waals surface area contributed by atoms with Gasteiger partial charge in [0.05, 0.1) is 5.56 Å². The number of thiophene rings is 1. The van der Waals surface area contributed by atoms with Crippen molar-refractivity contribution < 1.29 is 18.8 Å². The predicted molar refractivity (Wildman–Crippen MR) is 106 cm³/mol. The minimum absolute atomic E-state index is 0.0132. The van der Waals surface area contributed by atoms with E-state index in [0.29, 0.717) is 22.0 Å². The summed E-state index contributed by atoms with van der Waals surface area (Å²) in [4.78, 5) is 25.5. The number of amides is 1. The van der Waals surface area contributed by atoms with Gasteiger partial charge < -0.3 is 14.6 Å². The van der Waals surface area contributed by atoms with Gasteiger partial charge in [-0.25, -0.2) is 4.79 Å². The van der Waals surface area contributed by atoms with E-state index in [1.807, 2.05) is 30.3 Å². The van der Waals surface area contributed by atoms with Crippen molar-refractivity contribution in [2.24, 2.45) is 0 Å². The second-order valence-corrected chi connectivity index (χ2v) is 7.83. The van der Waals surface area contributed by atoms with E-state index in [4.69, 9.17) is 9.26 Å². The lowest BCUT2D eigenvalue weighted by atomic mass is 9.95. The van der Waals surface area contributed by atoms with Gasteiger partial charge in [-0.2, -0.15) is 0 Å². The second kappa shape index (κ2) is 7.98. The van der Waals surface area contributed by atoms with Crippen LogP contribution in [0.25, 0.3) is 11.3 Å². The third-order valence-corrected chi connectivity index (χ3v) is 5.84. The van der Waals surface area contributed by atoms with Crippen molar-refractivity contribution in [2.75, 3.05) is 5.32 Å². The molecule has 2 heterocycles. The largest absolute Gasteiger partial charge is 0.455 e. The number of carbonyl (C=O) groups is 2. The molecule has 1 N–H and O–H groups in total. The van der Waals surface area contributed by atoms with Crippen LogP contribution in [0.1, 0.15) is 46.3 Å². The Morgan fingerprint density at radius 2 is 2.00 bits per heavy atom. The number of anilines is 1. The van der Waals surface area contributed by atoms with Gasteiger partial charge in [0, 0.05) is 23.4 Å². The van der Waals surface area contributed by atoms with Gasteiger partial charge in [-0.15, -0.1) is 11.3 Å². The fourth-order valence-corrected chi connectivity index (χ4v) is 4.68. The normalized spacial score (nSPS) is 13.0. The first-order chi connectivity index (χ1) is 13.6. The molecule has 0 unspecified atom stereocenters. The van der Waals surface area contributed by atoms with Gasteiger partial charge in [-0.3, -0.25) is 4.79 Å². The Morgan fingerprint density at radius 3 is 2.79 bits per heavy atom. The maximum absolute atomic E-state index is 12.8. The van der Waals surface area contributed by atoms with E-state index >= 15 is 0 Å². The Kier molecular flexibility index (Phi) is 5.25. The molecule has 0 saturated carbocycles. The molecule has 1 aromatic carbocycles. The summed E-state index contributed by atoms with van der Waals surface area (Å²) in [6.45, 7) is 1.45. The van der Waals surface area contributed by atoms with E-state index in [1.54, 1.807) is 6.07 Å². The highest BCUT2D eigenvalue weighted by Gasteiger charge is 2.27. The minimum Gasteiger partial charge on any atom is -0.455 e. The molecule has 7 heteroatoms. The smallest absolute Gasteiger partial charge is 0.341 e. The molecule has 4 rings (SSSR count). The molecular formula is C21H20N2O4S. The topological polar surface area (TPSA) is 81.4 Å². The highest BCUT2D eigenvalue weighted by atomic mass is 32.1. The number of carbonyl (C=O) groups excluding carboxylic acids is 2. The van der Waals surface area contributed by atoms with Gasteiger partial charge in [-0.1, -0.05) is 35.5 Å². The Bertz CT molecular complexity index is 1010. The van der Waals surface area contributed by atoms with Crippen LogP contribution in [0.15, 0.2) is 40.9 Å². The monoisotopic (exact) mass is 396 g/mol. The molecule has 6 nitrogen and oxygen atoms in total. The highest BCUT2D eigenvalue weighted by Crippen LogP contribution is 2.38. The molecule has 1 aliphatic rings. The van der Waals surface area contributed by atoms with Crippen LogP contribution in [0.4, 0.5) is 5.00 Å². The molecule has 0 bridgehead atoms. The summed E-state index contributed by atoms with van der Waals surface area (Å²) in [5, 5.41) is 7.34. The quantitative estimate of drug-likeness (QED) is 0.638. The number of ether oxygens (including phenoxy) is 1. The molecule has 0 atom stereocenters. The zero-order valence-corrected chi connectivity index (χ0v) is 16.3. The molecule has 1 aliphatic carbocycles. The first-order valence-corrected chi connectivity index (χ1v) is 10.0. The summed E-state index contributed by atoms with van der Waals surface area (Å²) in [5.74, 6) is -0.0115. The van der Waals surface area contributed by atoms with Crippen LogP contribution in [0.2, 0.25) is 0 Å². The number of esters is 1. The molecule has 144 valence electrons. The molecule has 3 aromatic rings. The van der Waals surface area contributed by atoms with Gasteiger partial charge in [0.15, 0.2) is 5.76 Å². The number of rotatable bonds is 5. The van der Waals surface area contributed by atoms with Crippen molar-refractivity contribution in [2.45, 2.75) is 39.2 Å². The van der Waals surface area contributed by atoms with Crippen LogP contribution in [0.5, 0.6) is 0 Å². The van der Waals surface area contributed by atoms with Gasteiger partial charge >= 0.3 is 5.97 Å². The Balaban J connectivity index is 1.50. The summed E-state index contributed by atoms with van der Waals surface area (Å²) in [6.07, 6.45) is 3.90. The van der Waals surface area contributed by atoms with Crippen LogP contribution < -0.4 is 5.32 Å². The van der Waals surface area contributed by atoms with Crippen LogP contribution in [-0.4, -0.2) is 17.0 Å². The molecular weight excluding hydrogens is 376 g/mol. The first kappa shape index (κ1) is 18.4. The van der Waals surface area contributed by atoms with Gasteiger partial charge in [0.25, 0.3) is 0 Å². The van der Waals surface area contributed by atoms with E-state index in [-0.39, 0.29) is 12.5 Å². The highest BCUT2D eigenvalue weighted by molar-refractivity contribution is 7.17. The van der Waals surface area contributed by atoms with E-state index < -0.39 is 5.97 Å². The number of hydrogen-bond donors (Lipinski definition) is 1. The maximum atomic E-state index is 12.8. The van der Waals surface area contributed by atoms with E-state index in [9.17, 15) is 9.59 Å². The lowest BCUT2D eigenvalue weighted by Gasteiger charge is -2.12. The molecule has 0 radical (unpaired) electrons. The third kappa shape index (κ3) is 3.84. The third-order valence-electron chi connectivity index (χ3n) is 4.63.